The lowest BCUT2D eigenvalue weighted by Crippen LogP contribution is -2.23. The van der Waals surface area contributed by atoms with Gasteiger partial charge in [0.1, 0.15) is 0 Å². The van der Waals surface area contributed by atoms with Crippen molar-refractivity contribution in [1.29, 1.82) is 0 Å². The van der Waals surface area contributed by atoms with Gasteiger partial charge >= 0.3 is 5.97 Å². The monoisotopic (exact) mass is 260 g/mol. The van der Waals surface area contributed by atoms with Crippen molar-refractivity contribution in [2.24, 2.45) is 11.5 Å². The number of aromatic carboxylic acids is 1. The molecule has 0 spiro atoms. The molecule has 2 aliphatic rings. The summed E-state index contributed by atoms with van der Waals surface area (Å²) < 4.78 is -0.149. The zero-order valence-corrected chi connectivity index (χ0v) is 10.3. The van der Waals surface area contributed by atoms with Crippen LogP contribution in [0, 0.1) is 0 Å². The Morgan fingerprint density at radius 3 is 2.56 bits per heavy atom. The van der Waals surface area contributed by atoms with E-state index < -0.39 is 5.97 Å². The standard InChI is InChI=1S/C13H12N2O2S/c14-9-5-6-13(11(18-13)10(9)15)8-3-1-7(2-4-8)12(16)17/h1-6,11H,14-15H2,(H,16,17). The van der Waals surface area contributed by atoms with E-state index in [-0.39, 0.29) is 10.00 Å². The lowest BCUT2D eigenvalue weighted by Gasteiger charge is -2.16. The second-order valence-corrected chi connectivity index (χ2v) is 5.80. The van der Waals surface area contributed by atoms with Crippen LogP contribution in [0.4, 0.5) is 0 Å². The fourth-order valence-electron chi connectivity index (χ4n) is 2.23. The highest BCUT2D eigenvalue weighted by Crippen LogP contribution is 2.65. The predicted octanol–water partition coefficient (Wildman–Crippen LogP) is 1.39. The van der Waals surface area contributed by atoms with Crippen LogP contribution in [0.25, 0.3) is 0 Å². The average molecular weight is 260 g/mol. The van der Waals surface area contributed by atoms with Crippen molar-refractivity contribution in [1.82, 2.24) is 0 Å². The number of carboxylic acids is 1. The Bertz CT molecular complexity index is 592. The molecule has 0 saturated carbocycles. The molecule has 1 aromatic carbocycles. The number of nitrogens with two attached hydrogens (primary N) is 2. The number of carbonyl (C=O) groups is 1. The van der Waals surface area contributed by atoms with Crippen molar-refractivity contribution in [3.05, 3.63) is 58.9 Å². The summed E-state index contributed by atoms with van der Waals surface area (Å²) in [5.74, 6) is -0.915. The molecule has 1 aromatic rings. The second-order valence-electron chi connectivity index (χ2n) is 4.42. The first-order chi connectivity index (χ1) is 8.54. The van der Waals surface area contributed by atoms with Crippen LogP contribution in [0.1, 0.15) is 15.9 Å². The number of fused-ring (bicyclic) bond motifs is 1. The van der Waals surface area contributed by atoms with Gasteiger partial charge in [0.05, 0.1) is 21.3 Å². The van der Waals surface area contributed by atoms with Gasteiger partial charge in [-0.2, -0.15) is 0 Å². The highest BCUT2D eigenvalue weighted by Gasteiger charge is 2.58. The van der Waals surface area contributed by atoms with Crippen LogP contribution >= 0.6 is 11.8 Å². The third-order valence-corrected chi connectivity index (χ3v) is 4.96. The SMILES string of the molecule is NC1=C(N)C2SC2(c2ccc(C(=O)O)cc2)C=C1. The number of hydrogen-bond donors (Lipinski definition) is 3. The molecule has 1 fully saturated rings. The first kappa shape index (κ1) is 11.2. The van der Waals surface area contributed by atoms with Gasteiger partial charge in [-0.05, 0) is 23.8 Å². The Balaban J connectivity index is 1.95. The quantitative estimate of drug-likeness (QED) is 0.699. The van der Waals surface area contributed by atoms with Crippen LogP contribution < -0.4 is 11.5 Å². The number of hydrogen-bond acceptors (Lipinski definition) is 4. The Kier molecular flexibility index (Phi) is 2.22. The third-order valence-electron chi connectivity index (χ3n) is 3.35. The molecular formula is C13H12N2O2S. The summed E-state index contributed by atoms with van der Waals surface area (Å²) in [6.07, 6.45) is 3.88. The largest absolute Gasteiger partial charge is 0.478 e. The molecule has 92 valence electrons. The molecule has 3 rings (SSSR count). The van der Waals surface area contributed by atoms with Gasteiger partial charge in [0, 0.05) is 5.70 Å². The van der Waals surface area contributed by atoms with E-state index in [0.29, 0.717) is 17.0 Å². The van der Waals surface area contributed by atoms with E-state index in [4.69, 9.17) is 16.6 Å². The van der Waals surface area contributed by atoms with Crippen LogP contribution in [0.3, 0.4) is 0 Å². The average Bonchev–Trinajstić information content (AvgIpc) is 3.11. The van der Waals surface area contributed by atoms with E-state index in [9.17, 15) is 4.79 Å². The van der Waals surface area contributed by atoms with Crippen LogP contribution in [0.5, 0.6) is 0 Å². The highest BCUT2D eigenvalue weighted by molar-refractivity contribution is 8.08. The van der Waals surface area contributed by atoms with Gasteiger partial charge in [0.15, 0.2) is 0 Å². The summed E-state index contributed by atoms with van der Waals surface area (Å²) >= 11 is 1.73. The molecule has 5 N–H and O–H groups in total. The zero-order chi connectivity index (χ0) is 12.9. The first-order valence-corrected chi connectivity index (χ1v) is 6.38. The number of carboxylic acid groups (broad SMARTS) is 1. The Labute approximate surface area is 108 Å². The van der Waals surface area contributed by atoms with Crippen LogP contribution in [0.2, 0.25) is 0 Å². The van der Waals surface area contributed by atoms with Gasteiger partial charge in [-0.25, -0.2) is 4.79 Å². The number of thioether (sulfide) groups is 1. The van der Waals surface area contributed by atoms with E-state index in [2.05, 4.69) is 0 Å². The summed E-state index contributed by atoms with van der Waals surface area (Å²) in [5, 5.41) is 9.05. The maximum atomic E-state index is 10.8. The van der Waals surface area contributed by atoms with E-state index in [1.165, 1.54) is 0 Å². The van der Waals surface area contributed by atoms with Crippen molar-refractivity contribution in [3.8, 4) is 0 Å². The summed E-state index contributed by atoms with van der Waals surface area (Å²) in [6, 6.07) is 6.92. The molecule has 0 radical (unpaired) electrons. The van der Waals surface area contributed by atoms with Gasteiger partial charge in [-0.3, -0.25) is 0 Å². The molecule has 1 aliphatic carbocycles. The van der Waals surface area contributed by atoms with Gasteiger partial charge in [-0.15, -0.1) is 11.8 Å². The number of rotatable bonds is 2. The lowest BCUT2D eigenvalue weighted by molar-refractivity contribution is 0.0697. The molecule has 18 heavy (non-hydrogen) atoms. The smallest absolute Gasteiger partial charge is 0.335 e. The molecule has 2 atom stereocenters. The molecule has 0 bridgehead atoms. The van der Waals surface area contributed by atoms with Crippen LogP contribution in [-0.4, -0.2) is 16.3 Å². The minimum atomic E-state index is -0.915. The molecule has 1 saturated heterocycles. The van der Waals surface area contributed by atoms with E-state index in [0.717, 1.165) is 5.56 Å². The fourth-order valence-corrected chi connectivity index (χ4v) is 3.58. The summed E-state index contributed by atoms with van der Waals surface area (Å²) in [6.45, 7) is 0. The van der Waals surface area contributed by atoms with E-state index >= 15 is 0 Å². The molecule has 0 amide bonds. The molecule has 5 heteroatoms. The van der Waals surface area contributed by atoms with Gasteiger partial charge in [0.2, 0.25) is 0 Å². The third kappa shape index (κ3) is 1.44. The molecule has 1 aliphatic heterocycles. The molecule has 2 unspecified atom stereocenters. The lowest BCUT2D eigenvalue weighted by atomic mass is 9.89. The predicted molar refractivity (Wildman–Crippen MR) is 71.0 cm³/mol. The highest BCUT2D eigenvalue weighted by atomic mass is 32.2. The van der Waals surface area contributed by atoms with Gasteiger partial charge < -0.3 is 16.6 Å². The number of allylic oxidation sites excluding steroid dienone is 1. The minimum absolute atomic E-state index is 0.149. The fraction of sp³-hybridized carbons (Fsp3) is 0.154. The summed E-state index contributed by atoms with van der Waals surface area (Å²) in [4.78, 5) is 10.8. The Morgan fingerprint density at radius 1 is 1.28 bits per heavy atom. The molecule has 1 heterocycles. The second kappa shape index (κ2) is 3.55. The minimum Gasteiger partial charge on any atom is -0.478 e. The summed E-state index contributed by atoms with van der Waals surface area (Å²) in [7, 11) is 0. The van der Waals surface area contributed by atoms with Crippen molar-refractivity contribution < 1.29 is 9.90 Å². The number of benzene rings is 1. The van der Waals surface area contributed by atoms with E-state index in [1.54, 1.807) is 23.9 Å². The van der Waals surface area contributed by atoms with Gasteiger partial charge in [-0.1, -0.05) is 18.2 Å². The van der Waals surface area contributed by atoms with E-state index in [1.807, 2.05) is 24.3 Å². The zero-order valence-electron chi connectivity index (χ0n) is 9.46. The van der Waals surface area contributed by atoms with Crippen molar-refractivity contribution >= 4 is 17.7 Å². The molecule has 4 nitrogen and oxygen atoms in total. The Morgan fingerprint density at radius 2 is 1.94 bits per heavy atom. The topological polar surface area (TPSA) is 89.3 Å². The molecular weight excluding hydrogens is 248 g/mol. The van der Waals surface area contributed by atoms with Crippen molar-refractivity contribution in [3.63, 3.8) is 0 Å². The van der Waals surface area contributed by atoms with Crippen molar-refractivity contribution in [2.75, 3.05) is 0 Å². The normalized spacial score (nSPS) is 29.0. The Hall–Kier alpha value is -1.88. The van der Waals surface area contributed by atoms with Crippen molar-refractivity contribution in [2.45, 2.75) is 10.00 Å². The van der Waals surface area contributed by atoms with Crippen LogP contribution in [0.15, 0.2) is 47.8 Å². The van der Waals surface area contributed by atoms with Crippen LogP contribution in [-0.2, 0) is 4.75 Å². The van der Waals surface area contributed by atoms with Gasteiger partial charge in [0.25, 0.3) is 0 Å². The first-order valence-electron chi connectivity index (χ1n) is 5.50. The molecule has 0 aromatic heterocycles. The maximum absolute atomic E-state index is 10.8. The summed E-state index contributed by atoms with van der Waals surface area (Å²) in [5.41, 5.74) is 14.4. The maximum Gasteiger partial charge on any atom is 0.335 e.